The summed E-state index contributed by atoms with van der Waals surface area (Å²) in [4.78, 5) is 0.244. The van der Waals surface area contributed by atoms with E-state index in [1.165, 1.54) is 0 Å². The molecule has 1 saturated carbocycles. The van der Waals surface area contributed by atoms with E-state index < -0.39 is 10.0 Å². The van der Waals surface area contributed by atoms with E-state index >= 15 is 0 Å². The Morgan fingerprint density at radius 3 is 2.39 bits per heavy atom. The minimum absolute atomic E-state index is 0.0906. The maximum Gasteiger partial charge on any atom is 0.244 e. The van der Waals surface area contributed by atoms with Crippen LogP contribution in [0.5, 0.6) is 0 Å². The van der Waals surface area contributed by atoms with Crippen LogP contribution >= 0.6 is 0 Å². The van der Waals surface area contributed by atoms with Gasteiger partial charge in [0.15, 0.2) is 0 Å². The van der Waals surface area contributed by atoms with Crippen molar-refractivity contribution in [3.8, 4) is 0 Å². The van der Waals surface area contributed by atoms with Crippen LogP contribution in [0.1, 0.15) is 37.1 Å². The maximum absolute atomic E-state index is 12.3. The predicted molar refractivity (Wildman–Crippen MR) is 66.6 cm³/mol. The fourth-order valence-electron chi connectivity index (χ4n) is 2.41. The highest BCUT2D eigenvalue weighted by Gasteiger charge is 2.27. The largest absolute Gasteiger partial charge is 0.393 e. The highest BCUT2D eigenvalue weighted by Crippen LogP contribution is 2.22. The van der Waals surface area contributed by atoms with Gasteiger partial charge in [-0.05, 0) is 39.5 Å². The Morgan fingerprint density at radius 2 is 1.89 bits per heavy atom. The zero-order valence-electron chi connectivity index (χ0n) is 10.6. The SMILES string of the molecule is Cc1n[nH]c(C)c1S(=O)(=O)NC1CCC(O)CC1. The Labute approximate surface area is 107 Å². The topological polar surface area (TPSA) is 95.1 Å². The van der Waals surface area contributed by atoms with E-state index in [0.717, 1.165) is 0 Å². The number of aromatic amines is 1. The third-order valence-electron chi connectivity index (χ3n) is 3.35. The molecule has 1 heterocycles. The zero-order valence-corrected chi connectivity index (χ0v) is 11.4. The molecule has 7 heteroatoms. The molecule has 0 bridgehead atoms. The van der Waals surface area contributed by atoms with Crippen molar-refractivity contribution in [3.63, 3.8) is 0 Å². The van der Waals surface area contributed by atoms with E-state index in [0.29, 0.717) is 37.1 Å². The lowest BCUT2D eigenvalue weighted by Gasteiger charge is -2.25. The minimum atomic E-state index is -3.52. The Hall–Kier alpha value is -0.920. The average molecular weight is 273 g/mol. The van der Waals surface area contributed by atoms with Crippen molar-refractivity contribution in [2.45, 2.75) is 56.6 Å². The first-order valence-electron chi connectivity index (χ1n) is 6.12. The van der Waals surface area contributed by atoms with Gasteiger partial charge in [-0.15, -0.1) is 0 Å². The normalized spacial score (nSPS) is 25.3. The van der Waals surface area contributed by atoms with E-state index in [9.17, 15) is 13.5 Å². The number of H-pyrrole nitrogens is 1. The molecule has 0 spiro atoms. The summed E-state index contributed by atoms with van der Waals surface area (Å²) in [6.45, 7) is 3.36. The van der Waals surface area contributed by atoms with Gasteiger partial charge in [0, 0.05) is 6.04 Å². The lowest BCUT2D eigenvalue weighted by Crippen LogP contribution is -2.38. The molecule has 3 N–H and O–H groups in total. The molecule has 0 atom stereocenters. The van der Waals surface area contributed by atoms with Crippen molar-refractivity contribution in [2.75, 3.05) is 0 Å². The summed E-state index contributed by atoms with van der Waals surface area (Å²) in [7, 11) is -3.52. The molecule has 1 aromatic rings. The quantitative estimate of drug-likeness (QED) is 0.752. The van der Waals surface area contributed by atoms with Crippen LogP contribution in [-0.4, -0.2) is 35.9 Å². The third-order valence-corrected chi connectivity index (χ3v) is 5.13. The molecular formula is C11H19N3O3S. The monoisotopic (exact) mass is 273 g/mol. The molecule has 2 rings (SSSR count). The summed E-state index contributed by atoms with van der Waals surface area (Å²) in [6, 6.07) is -0.0906. The van der Waals surface area contributed by atoms with Crippen molar-refractivity contribution in [2.24, 2.45) is 0 Å². The van der Waals surface area contributed by atoms with Gasteiger partial charge in [0.25, 0.3) is 0 Å². The van der Waals surface area contributed by atoms with Gasteiger partial charge < -0.3 is 5.11 Å². The van der Waals surface area contributed by atoms with Crippen LogP contribution in [0.15, 0.2) is 4.90 Å². The van der Waals surface area contributed by atoms with Crippen molar-refractivity contribution in [3.05, 3.63) is 11.4 Å². The Morgan fingerprint density at radius 1 is 1.28 bits per heavy atom. The molecule has 18 heavy (non-hydrogen) atoms. The van der Waals surface area contributed by atoms with Crippen LogP contribution in [0.25, 0.3) is 0 Å². The van der Waals surface area contributed by atoms with Crippen molar-refractivity contribution >= 4 is 10.0 Å². The second kappa shape index (κ2) is 4.99. The first kappa shape index (κ1) is 13.5. The average Bonchev–Trinajstić information content (AvgIpc) is 2.62. The van der Waals surface area contributed by atoms with Gasteiger partial charge in [-0.1, -0.05) is 0 Å². The van der Waals surface area contributed by atoms with E-state index in [1.807, 2.05) is 0 Å². The van der Waals surface area contributed by atoms with Crippen LogP contribution in [0.4, 0.5) is 0 Å². The van der Waals surface area contributed by atoms with Crippen LogP contribution in [0.2, 0.25) is 0 Å². The van der Waals surface area contributed by atoms with Crippen molar-refractivity contribution < 1.29 is 13.5 Å². The highest BCUT2D eigenvalue weighted by molar-refractivity contribution is 7.89. The summed E-state index contributed by atoms with van der Waals surface area (Å²) < 4.78 is 27.2. The number of hydrogen-bond acceptors (Lipinski definition) is 4. The Bertz CT molecular complexity index is 496. The van der Waals surface area contributed by atoms with E-state index in [1.54, 1.807) is 13.8 Å². The van der Waals surface area contributed by atoms with Gasteiger partial charge in [0.2, 0.25) is 10.0 Å². The molecule has 0 saturated heterocycles. The van der Waals surface area contributed by atoms with Crippen LogP contribution in [-0.2, 0) is 10.0 Å². The van der Waals surface area contributed by atoms with Gasteiger partial charge in [-0.2, -0.15) is 5.10 Å². The Balaban J connectivity index is 2.13. The number of aryl methyl sites for hydroxylation is 2. The molecule has 0 unspecified atom stereocenters. The second-order valence-corrected chi connectivity index (χ2v) is 6.54. The van der Waals surface area contributed by atoms with E-state index in [4.69, 9.17) is 0 Å². The molecule has 1 aromatic heterocycles. The first-order chi connectivity index (χ1) is 8.40. The molecular weight excluding hydrogens is 254 g/mol. The zero-order chi connectivity index (χ0) is 13.3. The van der Waals surface area contributed by atoms with Gasteiger partial charge in [-0.25, -0.2) is 13.1 Å². The number of rotatable bonds is 3. The summed E-state index contributed by atoms with van der Waals surface area (Å²) in [5, 5.41) is 16.0. The van der Waals surface area contributed by atoms with Gasteiger partial charge >= 0.3 is 0 Å². The third kappa shape index (κ3) is 2.73. The van der Waals surface area contributed by atoms with Crippen LogP contribution in [0, 0.1) is 13.8 Å². The lowest BCUT2D eigenvalue weighted by atomic mass is 9.94. The molecule has 1 aliphatic carbocycles. The van der Waals surface area contributed by atoms with E-state index in [-0.39, 0.29) is 17.0 Å². The Kier molecular flexibility index (Phi) is 3.74. The maximum atomic E-state index is 12.3. The number of aromatic nitrogens is 2. The predicted octanol–water partition coefficient (Wildman–Crippen LogP) is 0.608. The summed E-state index contributed by atoms with van der Waals surface area (Å²) >= 11 is 0. The standard InChI is InChI=1S/C11H19N3O3S/c1-7-11(8(2)13-12-7)18(16,17)14-9-3-5-10(15)6-4-9/h9-10,14-15H,3-6H2,1-2H3,(H,12,13). The minimum Gasteiger partial charge on any atom is -0.393 e. The van der Waals surface area contributed by atoms with E-state index in [2.05, 4.69) is 14.9 Å². The molecule has 0 aliphatic heterocycles. The van der Waals surface area contributed by atoms with Crippen molar-refractivity contribution in [1.82, 2.24) is 14.9 Å². The molecule has 0 radical (unpaired) electrons. The molecule has 6 nitrogen and oxygen atoms in total. The number of nitrogens with one attached hydrogen (secondary N) is 2. The van der Waals surface area contributed by atoms with Gasteiger partial charge in [-0.3, -0.25) is 5.10 Å². The number of nitrogens with zero attached hydrogens (tertiary/aromatic N) is 1. The number of hydrogen-bond donors (Lipinski definition) is 3. The molecule has 1 fully saturated rings. The number of sulfonamides is 1. The summed E-state index contributed by atoms with van der Waals surface area (Å²) in [6.07, 6.45) is 2.36. The van der Waals surface area contributed by atoms with Gasteiger partial charge in [0.05, 0.1) is 17.5 Å². The number of aliphatic hydroxyl groups is 1. The summed E-state index contributed by atoms with van der Waals surface area (Å²) in [5.74, 6) is 0. The molecule has 0 aromatic carbocycles. The molecule has 102 valence electrons. The van der Waals surface area contributed by atoms with Crippen LogP contribution in [0.3, 0.4) is 0 Å². The number of aliphatic hydroxyl groups excluding tert-OH is 1. The smallest absolute Gasteiger partial charge is 0.244 e. The van der Waals surface area contributed by atoms with Crippen LogP contribution < -0.4 is 4.72 Å². The first-order valence-corrected chi connectivity index (χ1v) is 7.60. The highest BCUT2D eigenvalue weighted by atomic mass is 32.2. The second-order valence-electron chi connectivity index (χ2n) is 4.89. The molecule has 0 amide bonds. The molecule has 1 aliphatic rings. The fraction of sp³-hybridized carbons (Fsp3) is 0.727. The lowest BCUT2D eigenvalue weighted by molar-refractivity contribution is 0.120. The fourth-order valence-corrected chi connectivity index (χ4v) is 4.08. The van der Waals surface area contributed by atoms with Crippen molar-refractivity contribution in [1.29, 1.82) is 0 Å². The van der Waals surface area contributed by atoms with Gasteiger partial charge in [0.1, 0.15) is 4.90 Å². The summed E-state index contributed by atoms with van der Waals surface area (Å²) in [5.41, 5.74) is 1.03.